The maximum atomic E-state index is 14.4. The molecule has 2 aromatic carbocycles. The fourth-order valence-electron chi connectivity index (χ4n) is 3.53. The zero-order chi connectivity index (χ0) is 15.4. The Kier molecular flexibility index (Phi) is 4.92. The molecule has 22 heavy (non-hydrogen) atoms. The zero-order valence-corrected chi connectivity index (χ0v) is 13.4. The Balaban J connectivity index is 1.67. The maximum Gasteiger partial charge on any atom is 0.131 e. The van der Waals surface area contributed by atoms with Crippen LogP contribution in [-0.4, -0.2) is 0 Å². The van der Waals surface area contributed by atoms with Crippen molar-refractivity contribution in [2.24, 2.45) is 5.92 Å². The summed E-state index contributed by atoms with van der Waals surface area (Å²) in [7, 11) is 0. The van der Waals surface area contributed by atoms with Crippen LogP contribution in [0.1, 0.15) is 49.7 Å². The van der Waals surface area contributed by atoms with Gasteiger partial charge in [0.15, 0.2) is 0 Å². The molecule has 0 radical (unpaired) electrons. The fourth-order valence-corrected chi connectivity index (χ4v) is 3.53. The van der Waals surface area contributed by atoms with E-state index in [1.54, 1.807) is 6.07 Å². The largest absolute Gasteiger partial charge is 0.206 e. The monoisotopic (exact) mass is 296 g/mol. The minimum atomic E-state index is -0.0926. The van der Waals surface area contributed by atoms with E-state index < -0.39 is 0 Å². The third-order valence-electron chi connectivity index (χ3n) is 4.96. The molecule has 116 valence electrons. The minimum absolute atomic E-state index is 0.0926. The van der Waals surface area contributed by atoms with Crippen molar-refractivity contribution in [3.05, 3.63) is 59.4 Å². The summed E-state index contributed by atoms with van der Waals surface area (Å²) in [6.07, 6.45) is 9.11. The number of halogens is 1. The van der Waals surface area contributed by atoms with Crippen LogP contribution in [0.2, 0.25) is 0 Å². The molecule has 0 nitrogen and oxygen atoms in total. The number of aryl methyl sites for hydroxylation is 2. The van der Waals surface area contributed by atoms with E-state index in [2.05, 4.69) is 13.0 Å². The molecule has 0 aromatic heterocycles. The predicted molar refractivity (Wildman–Crippen MR) is 91.5 cm³/mol. The van der Waals surface area contributed by atoms with Crippen LogP contribution in [0.4, 0.5) is 4.39 Å². The molecule has 0 amide bonds. The average molecular weight is 296 g/mol. The van der Waals surface area contributed by atoms with Crippen LogP contribution in [0.15, 0.2) is 42.5 Å². The fraction of sp³-hybridized carbons (Fsp3) is 0.429. The van der Waals surface area contributed by atoms with Gasteiger partial charge in [-0.2, -0.15) is 0 Å². The Morgan fingerprint density at radius 1 is 0.955 bits per heavy atom. The van der Waals surface area contributed by atoms with Gasteiger partial charge < -0.3 is 0 Å². The van der Waals surface area contributed by atoms with E-state index >= 15 is 0 Å². The molecule has 2 aromatic rings. The summed E-state index contributed by atoms with van der Waals surface area (Å²) < 4.78 is 14.4. The topological polar surface area (TPSA) is 0 Å². The van der Waals surface area contributed by atoms with Gasteiger partial charge in [-0.15, -0.1) is 0 Å². The second kappa shape index (κ2) is 7.09. The van der Waals surface area contributed by atoms with Gasteiger partial charge in [0, 0.05) is 5.56 Å². The van der Waals surface area contributed by atoms with Crippen molar-refractivity contribution in [1.29, 1.82) is 0 Å². The Hall–Kier alpha value is -1.63. The van der Waals surface area contributed by atoms with Crippen LogP contribution >= 0.6 is 0 Å². The molecule has 0 atom stereocenters. The first-order valence-corrected chi connectivity index (χ1v) is 8.58. The highest BCUT2D eigenvalue weighted by Gasteiger charge is 2.13. The van der Waals surface area contributed by atoms with Gasteiger partial charge in [0.2, 0.25) is 0 Å². The number of benzene rings is 2. The highest BCUT2D eigenvalue weighted by molar-refractivity contribution is 5.64. The molecule has 0 bridgehead atoms. The van der Waals surface area contributed by atoms with Crippen molar-refractivity contribution in [3.8, 4) is 11.1 Å². The first-order valence-electron chi connectivity index (χ1n) is 8.58. The Morgan fingerprint density at radius 3 is 2.36 bits per heavy atom. The molecule has 0 unspecified atom stereocenters. The van der Waals surface area contributed by atoms with Crippen LogP contribution in [-0.2, 0) is 6.42 Å². The molecule has 1 saturated carbocycles. The molecule has 1 aliphatic rings. The summed E-state index contributed by atoms with van der Waals surface area (Å²) in [5.74, 6) is 0.763. The van der Waals surface area contributed by atoms with Gasteiger partial charge in [0.25, 0.3) is 0 Å². The summed E-state index contributed by atoms with van der Waals surface area (Å²) in [4.78, 5) is 0. The molecule has 1 aliphatic carbocycles. The molecule has 0 saturated heterocycles. The van der Waals surface area contributed by atoms with E-state index in [1.807, 2.05) is 30.3 Å². The van der Waals surface area contributed by atoms with Gasteiger partial charge >= 0.3 is 0 Å². The van der Waals surface area contributed by atoms with E-state index in [4.69, 9.17) is 0 Å². The molecule has 0 N–H and O–H groups in total. The van der Waals surface area contributed by atoms with E-state index in [-0.39, 0.29) is 5.82 Å². The molecular formula is C21H25F. The van der Waals surface area contributed by atoms with Gasteiger partial charge in [-0.25, -0.2) is 4.39 Å². The molecule has 1 heteroatoms. The molecule has 0 aliphatic heterocycles. The van der Waals surface area contributed by atoms with Crippen molar-refractivity contribution in [2.75, 3.05) is 0 Å². The van der Waals surface area contributed by atoms with Crippen molar-refractivity contribution in [1.82, 2.24) is 0 Å². The third kappa shape index (κ3) is 3.76. The predicted octanol–water partition coefficient (Wildman–Crippen LogP) is 6.31. The van der Waals surface area contributed by atoms with Gasteiger partial charge in [0.05, 0.1) is 0 Å². The van der Waals surface area contributed by atoms with E-state index in [0.29, 0.717) is 5.56 Å². The Bertz CT molecular complexity index is 606. The van der Waals surface area contributed by atoms with E-state index in [1.165, 1.54) is 44.1 Å². The summed E-state index contributed by atoms with van der Waals surface area (Å²) in [6, 6.07) is 13.8. The maximum absolute atomic E-state index is 14.4. The summed E-state index contributed by atoms with van der Waals surface area (Å²) in [6.45, 7) is 2.05. The molecule has 1 fully saturated rings. The lowest BCUT2D eigenvalue weighted by atomic mass is 9.85. The van der Waals surface area contributed by atoms with Crippen molar-refractivity contribution < 1.29 is 4.39 Å². The second-order valence-corrected chi connectivity index (χ2v) is 6.72. The lowest BCUT2D eigenvalue weighted by molar-refractivity contribution is 0.339. The minimum Gasteiger partial charge on any atom is -0.206 e. The molecular weight excluding hydrogens is 271 g/mol. The smallest absolute Gasteiger partial charge is 0.131 e. The normalized spacial score (nSPS) is 15.9. The van der Waals surface area contributed by atoms with Crippen LogP contribution in [0.5, 0.6) is 0 Å². The zero-order valence-electron chi connectivity index (χ0n) is 13.4. The second-order valence-electron chi connectivity index (χ2n) is 6.72. The van der Waals surface area contributed by atoms with Gasteiger partial charge in [-0.3, -0.25) is 0 Å². The van der Waals surface area contributed by atoms with Gasteiger partial charge in [0.1, 0.15) is 5.82 Å². The highest BCUT2D eigenvalue weighted by Crippen LogP contribution is 2.29. The lowest BCUT2D eigenvalue weighted by Gasteiger charge is -2.21. The van der Waals surface area contributed by atoms with Crippen molar-refractivity contribution >= 4 is 0 Å². The van der Waals surface area contributed by atoms with Crippen molar-refractivity contribution in [2.45, 2.75) is 51.9 Å². The average Bonchev–Trinajstić information content (AvgIpc) is 2.55. The van der Waals surface area contributed by atoms with Gasteiger partial charge in [-0.05, 0) is 42.9 Å². The number of hydrogen-bond acceptors (Lipinski definition) is 0. The standard InChI is InChI=1S/C21H25F/c1-16-7-12-19(13-8-16)20-14-11-18(15-21(20)22)10-9-17-5-3-2-4-6-17/h7-8,11-15,17H,2-6,9-10H2,1H3. The number of hydrogen-bond donors (Lipinski definition) is 0. The number of rotatable bonds is 4. The SMILES string of the molecule is Cc1ccc(-c2ccc(CCC3CCCCC3)cc2F)cc1. The van der Waals surface area contributed by atoms with Crippen LogP contribution in [0, 0.1) is 18.7 Å². The molecule has 0 spiro atoms. The first kappa shape index (κ1) is 15.3. The van der Waals surface area contributed by atoms with E-state index in [9.17, 15) is 4.39 Å². The summed E-state index contributed by atoms with van der Waals surface area (Å²) in [5, 5.41) is 0. The Morgan fingerprint density at radius 2 is 1.68 bits per heavy atom. The first-order chi connectivity index (χ1) is 10.7. The summed E-state index contributed by atoms with van der Waals surface area (Å²) >= 11 is 0. The molecule has 0 heterocycles. The summed E-state index contributed by atoms with van der Waals surface area (Å²) in [5.41, 5.74) is 4.01. The van der Waals surface area contributed by atoms with Gasteiger partial charge in [-0.1, -0.05) is 74.1 Å². The van der Waals surface area contributed by atoms with Crippen molar-refractivity contribution in [3.63, 3.8) is 0 Å². The quantitative estimate of drug-likeness (QED) is 0.620. The third-order valence-corrected chi connectivity index (χ3v) is 4.96. The van der Waals surface area contributed by atoms with Crippen LogP contribution < -0.4 is 0 Å². The van der Waals surface area contributed by atoms with Crippen LogP contribution in [0.3, 0.4) is 0 Å². The molecule has 3 rings (SSSR count). The Labute approximate surface area is 133 Å². The van der Waals surface area contributed by atoms with Crippen LogP contribution in [0.25, 0.3) is 11.1 Å². The lowest BCUT2D eigenvalue weighted by Crippen LogP contribution is -2.07. The highest BCUT2D eigenvalue weighted by atomic mass is 19.1. The van der Waals surface area contributed by atoms with E-state index in [0.717, 1.165) is 23.5 Å².